The van der Waals surface area contributed by atoms with Crippen molar-refractivity contribution in [1.29, 1.82) is 0 Å². The minimum absolute atomic E-state index is 0. The summed E-state index contributed by atoms with van der Waals surface area (Å²) in [5, 5.41) is 2.87. The van der Waals surface area contributed by atoms with Crippen molar-refractivity contribution in [3.8, 4) is 11.5 Å². The molecule has 0 aliphatic carbocycles. The van der Waals surface area contributed by atoms with Gasteiger partial charge in [-0.05, 0) is 31.5 Å². The summed E-state index contributed by atoms with van der Waals surface area (Å²) in [5.74, 6) is 0.682. The first-order valence-corrected chi connectivity index (χ1v) is 8.10. The number of hydrogen-bond donors (Lipinski definition) is 2. The van der Waals surface area contributed by atoms with Crippen molar-refractivity contribution >= 4 is 29.9 Å². The fraction of sp³-hybridized carbons (Fsp3) is 0.529. The number of rotatable bonds is 8. The van der Waals surface area contributed by atoms with E-state index >= 15 is 0 Å². The molecule has 0 spiro atoms. The number of unbranched alkanes of at least 4 members (excludes halogenated alkanes) is 1. The molecule has 1 saturated heterocycles. The zero-order valence-electron chi connectivity index (χ0n) is 14.6. The average Bonchev–Trinajstić information content (AvgIpc) is 2.99. The van der Waals surface area contributed by atoms with Crippen molar-refractivity contribution in [2.24, 2.45) is 11.7 Å². The molecule has 2 rings (SSSR count). The molecule has 2 amide bonds. The Bertz CT molecular complexity index is 597. The topological polar surface area (TPSA) is 93.9 Å². The van der Waals surface area contributed by atoms with Crippen LogP contribution in [0.5, 0.6) is 11.5 Å². The molecule has 1 aromatic carbocycles. The molecule has 1 heterocycles. The number of halogens is 1. The molecule has 1 fully saturated rings. The highest BCUT2D eigenvalue weighted by molar-refractivity contribution is 6.01. The van der Waals surface area contributed by atoms with Gasteiger partial charge in [-0.25, -0.2) is 0 Å². The second-order valence-corrected chi connectivity index (χ2v) is 5.73. The standard InChI is InChI=1S/C17H25N3O4.ClH/c1-23-13-5-6-14(15(10-13)24-2)20-11-12(9-16(20)21)17(22)19-8-4-3-7-18;/h5-6,10,12H,3-4,7-9,11,18H2,1-2H3,(H,19,22);1H. The largest absolute Gasteiger partial charge is 0.497 e. The average molecular weight is 372 g/mol. The summed E-state index contributed by atoms with van der Waals surface area (Å²) in [6, 6.07) is 5.27. The number of nitrogens with one attached hydrogen (secondary N) is 1. The summed E-state index contributed by atoms with van der Waals surface area (Å²) in [6.07, 6.45) is 1.93. The van der Waals surface area contributed by atoms with Gasteiger partial charge in [0, 0.05) is 25.6 Å². The second-order valence-electron chi connectivity index (χ2n) is 5.73. The molecule has 1 aliphatic rings. The van der Waals surface area contributed by atoms with Crippen LogP contribution in [0.25, 0.3) is 0 Å². The Morgan fingerprint density at radius 3 is 2.72 bits per heavy atom. The first-order chi connectivity index (χ1) is 11.6. The van der Waals surface area contributed by atoms with E-state index in [4.69, 9.17) is 15.2 Å². The summed E-state index contributed by atoms with van der Waals surface area (Å²) in [6.45, 7) is 1.56. The van der Waals surface area contributed by atoms with E-state index in [0.717, 1.165) is 12.8 Å². The molecule has 1 aliphatic heterocycles. The fourth-order valence-electron chi connectivity index (χ4n) is 2.75. The maximum Gasteiger partial charge on any atom is 0.227 e. The van der Waals surface area contributed by atoms with Gasteiger partial charge in [-0.2, -0.15) is 0 Å². The molecule has 3 N–H and O–H groups in total. The number of amides is 2. The normalized spacial score (nSPS) is 16.4. The summed E-state index contributed by atoms with van der Waals surface area (Å²) < 4.78 is 10.5. The Labute approximate surface area is 154 Å². The van der Waals surface area contributed by atoms with Crippen LogP contribution in [0, 0.1) is 5.92 Å². The minimum Gasteiger partial charge on any atom is -0.497 e. The molecule has 0 saturated carbocycles. The van der Waals surface area contributed by atoms with E-state index < -0.39 is 0 Å². The zero-order valence-corrected chi connectivity index (χ0v) is 15.4. The lowest BCUT2D eigenvalue weighted by Crippen LogP contribution is -2.33. The first kappa shape index (κ1) is 21.1. The number of anilines is 1. The molecule has 7 nitrogen and oxygen atoms in total. The Kier molecular flexibility index (Phi) is 8.51. The van der Waals surface area contributed by atoms with Gasteiger partial charge in [0.2, 0.25) is 11.8 Å². The summed E-state index contributed by atoms with van der Waals surface area (Å²) in [7, 11) is 3.11. The lowest BCUT2D eigenvalue weighted by Gasteiger charge is -2.20. The third-order valence-electron chi connectivity index (χ3n) is 4.10. The molecular formula is C17H26ClN3O4. The monoisotopic (exact) mass is 371 g/mol. The first-order valence-electron chi connectivity index (χ1n) is 8.10. The minimum atomic E-state index is -0.345. The Morgan fingerprint density at radius 1 is 1.32 bits per heavy atom. The van der Waals surface area contributed by atoms with Crippen molar-refractivity contribution in [3.05, 3.63) is 18.2 Å². The second kappa shape index (κ2) is 10.1. The van der Waals surface area contributed by atoms with Crippen molar-refractivity contribution in [3.63, 3.8) is 0 Å². The Hall–Kier alpha value is -1.99. The molecule has 1 aromatic rings. The van der Waals surface area contributed by atoms with E-state index in [-0.39, 0.29) is 36.6 Å². The number of hydrogen-bond acceptors (Lipinski definition) is 5. The van der Waals surface area contributed by atoms with Crippen LogP contribution in [-0.4, -0.2) is 45.7 Å². The number of methoxy groups -OCH3 is 2. The maximum absolute atomic E-state index is 12.3. The van der Waals surface area contributed by atoms with Crippen LogP contribution < -0.4 is 25.4 Å². The van der Waals surface area contributed by atoms with Crippen LogP contribution in [-0.2, 0) is 9.59 Å². The number of nitrogens with zero attached hydrogens (tertiary/aromatic N) is 1. The van der Waals surface area contributed by atoms with Gasteiger partial charge in [0.1, 0.15) is 11.5 Å². The van der Waals surface area contributed by atoms with Crippen molar-refractivity contribution in [2.75, 3.05) is 38.8 Å². The highest BCUT2D eigenvalue weighted by atomic mass is 35.5. The van der Waals surface area contributed by atoms with E-state index in [1.807, 2.05) is 0 Å². The highest BCUT2D eigenvalue weighted by Crippen LogP contribution is 2.35. The maximum atomic E-state index is 12.3. The quantitative estimate of drug-likeness (QED) is 0.672. The van der Waals surface area contributed by atoms with Crippen LogP contribution in [0.4, 0.5) is 5.69 Å². The molecule has 0 radical (unpaired) electrons. The van der Waals surface area contributed by atoms with Gasteiger partial charge in [-0.1, -0.05) is 0 Å². The third-order valence-corrected chi connectivity index (χ3v) is 4.10. The molecule has 1 atom stereocenters. The van der Waals surface area contributed by atoms with Gasteiger partial charge in [-0.3, -0.25) is 9.59 Å². The summed E-state index contributed by atoms with van der Waals surface area (Å²) >= 11 is 0. The van der Waals surface area contributed by atoms with Gasteiger partial charge in [0.05, 0.1) is 25.8 Å². The number of nitrogens with two attached hydrogens (primary N) is 1. The summed E-state index contributed by atoms with van der Waals surface area (Å²) in [5.41, 5.74) is 6.09. The zero-order chi connectivity index (χ0) is 17.5. The summed E-state index contributed by atoms with van der Waals surface area (Å²) in [4.78, 5) is 26.1. The molecule has 1 unspecified atom stereocenters. The number of benzene rings is 1. The van der Waals surface area contributed by atoms with E-state index in [0.29, 0.717) is 36.8 Å². The molecule has 25 heavy (non-hydrogen) atoms. The van der Waals surface area contributed by atoms with Crippen molar-refractivity contribution in [2.45, 2.75) is 19.3 Å². The highest BCUT2D eigenvalue weighted by Gasteiger charge is 2.36. The van der Waals surface area contributed by atoms with E-state index in [1.165, 1.54) is 0 Å². The van der Waals surface area contributed by atoms with E-state index in [9.17, 15) is 9.59 Å². The predicted molar refractivity (Wildman–Crippen MR) is 98.6 cm³/mol. The van der Waals surface area contributed by atoms with Crippen LogP contribution >= 0.6 is 12.4 Å². The van der Waals surface area contributed by atoms with Gasteiger partial charge in [0.25, 0.3) is 0 Å². The number of ether oxygens (including phenoxy) is 2. The Morgan fingerprint density at radius 2 is 2.08 bits per heavy atom. The van der Waals surface area contributed by atoms with Crippen molar-refractivity contribution in [1.82, 2.24) is 5.32 Å². The smallest absolute Gasteiger partial charge is 0.227 e. The molecule has 8 heteroatoms. The molecule has 0 aromatic heterocycles. The fourth-order valence-corrected chi connectivity index (χ4v) is 2.75. The third kappa shape index (κ3) is 5.24. The Balaban J connectivity index is 0.00000312. The van der Waals surface area contributed by atoms with Gasteiger partial charge in [-0.15, -0.1) is 12.4 Å². The van der Waals surface area contributed by atoms with Gasteiger partial charge in [0.15, 0.2) is 0 Å². The van der Waals surface area contributed by atoms with Crippen LogP contribution in [0.3, 0.4) is 0 Å². The number of carbonyl (C=O) groups is 2. The SMILES string of the molecule is COc1ccc(N2CC(C(=O)NCCCCN)CC2=O)c(OC)c1.Cl. The van der Waals surface area contributed by atoms with E-state index in [1.54, 1.807) is 37.3 Å². The predicted octanol–water partition coefficient (Wildman–Crippen LogP) is 1.33. The van der Waals surface area contributed by atoms with Crippen LogP contribution in [0.15, 0.2) is 18.2 Å². The molecule has 140 valence electrons. The van der Waals surface area contributed by atoms with Crippen LogP contribution in [0.2, 0.25) is 0 Å². The van der Waals surface area contributed by atoms with Crippen molar-refractivity contribution < 1.29 is 19.1 Å². The number of carbonyl (C=O) groups excluding carboxylic acids is 2. The van der Waals surface area contributed by atoms with Gasteiger partial charge < -0.3 is 25.4 Å². The molecular weight excluding hydrogens is 346 g/mol. The lowest BCUT2D eigenvalue weighted by molar-refractivity contribution is -0.126. The van der Waals surface area contributed by atoms with Crippen LogP contribution in [0.1, 0.15) is 19.3 Å². The van der Waals surface area contributed by atoms with E-state index in [2.05, 4.69) is 5.32 Å². The molecule has 0 bridgehead atoms. The van der Waals surface area contributed by atoms with Gasteiger partial charge >= 0.3 is 0 Å². The lowest BCUT2D eigenvalue weighted by atomic mass is 10.1.